The van der Waals surface area contributed by atoms with Gasteiger partial charge in [-0.05, 0) is 42.7 Å². The van der Waals surface area contributed by atoms with Crippen LogP contribution in [0.2, 0.25) is 0 Å². The van der Waals surface area contributed by atoms with Crippen molar-refractivity contribution in [3.05, 3.63) is 83.3 Å². The van der Waals surface area contributed by atoms with Gasteiger partial charge in [-0.1, -0.05) is 43.0 Å². The van der Waals surface area contributed by atoms with Gasteiger partial charge in [-0.3, -0.25) is 4.99 Å². The second-order valence-corrected chi connectivity index (χ2v) is 4.88. The van der Waals surface area contributed by atoms with Crippen molar-refractivity contribution >= 4 is 5.71 Å². The Kier molecular flexibility index (Phi) is 4.46. The van der Waals surface area contributed by atoms with Crippen LogP contribution in [0.3, 0.4) is 0 Å². The molecule has 20 heavy (non-hydrogen) atoms. The molecule has 1 nitrogen and oxygen atoms in total. The molecule has 0 aliphatic heterocycles. The molecule has 0 amide bonds. The highest BCUT2D eigenvalue weighted by atomic mass is 19.1. The third-order valence-corrected chi connectivity index (χ3v) is 3.18. The monoisotopic (exact) mass is 267 g/mol. The van der Waals surface area contributed by atoms with E-state index in [1.807, 2.05) is 19.1 Å². The summed E-state index contributed by atoms with van der Waals surface area (Å²) >= 11 is 0. The van der Waals surface area contributed by atoms with Crippen molar-refractivity contribution in [1.29, 1.82) is 0 Å². The number of aryl methyl sites for hydroxylation is 1. The van der Waals surface area contributed by atoms with Gasteiger partial charge in [-0.15, -0.1) is 0 Å². The number of nitrogens with zero attached hydrogens (tertiary/aromatic N) is 1. The Hall–Kier alpha value is -2.22. The van der Waals surface area contributed by atoms with Gasteiger partial charge in [0.15, 0.2) is 0 Å². The first kappa shape index (κ1) is 14.2. The Labute approximate surface area is 119 Å². The van der Waals surface area contributed by atoms with Crippen LogP contribution in [0.15, 0.2) is 65.8 Å². The minimum absolute atomic E-state index is 0.223. The van der Waals surface area contributed by atoms with E-state index in [4.69, 9.17) is 0 Å². The smallest absolute Gasteiger partial charge is 0.123 e. The summed E-state index contributed by atoms with van der Waals surface area (Å²) in [6.07, 6.45) is 0.628. The van der Waals surface area contributed by atoms with Crippen LogP contribution >= 0.6 is 0 Å². The number of benzene rings is 2. The van der Waals surface area contributed by atoms with E-state index in [0.29, 0.717) is 6.42 Å². The Morgan fingerprint density at radius 1 is 1.10 bits per heavy atom. The van der Waals surface area contributed by atoms with E-state index in [-0.39, 0.29) is 5.82 Å². The summed E-state index contributed by atoms with van der Waals surface area (Å²) in [6, 6.07) is 14.6. The molecule has 0 N–H and O–H groups in total. The maximum Gasteiger partial charge on any atom is 0.123 e. The number of aliphatic imine (C=N–C) groups is 1. The van der Waals surface area contributed by atoms with Crippen LogP contribution in [0.25, 0.3) is 0 Å². The molecule has 0 fully saturated rings. The molecule has 0 spiro atoms. The number of halogens is 1. The van der Waals surface area contributed by atoms with Crippen LogP contribution in [0.4, 0.5) is 4.39 Å². The van der Waals surface area contributed by atoms with Crippen LogP contribution in [0.1, 0.15) is 23.6 Å². The quantitative estimate of drug-likeness (QED) is 0.712. The van der Waals surface area contributed by atoms with E-state index in [0.717, 1.165) is 22.5 Å². The second-order valence-electron chi connectivity index (χ2n) is 4.88. The Morgan fingerprint density at radius 3 is 2.40 bits per heavy atom. The average molecular weight is 267 g/mol. The molecule has 0 bridgehead atoms. The van der Waals surface area contributed by atoms with Gasteiger partial charge in [0.1, 0.15) is 5.82 Å². The third kappa shape index (κ3) is 3.64. The fraction of sp³-hybridized carbons (Fsp3) is 0.167. The highest BCUT2D eigenvalue weighted by Crippen LogP contribution is 2.13. The zero-order valence-electron chi connectivity index (χ0n) is 11.9. The molecule has 2 aromatic carbocycles. The Morgan fingerprint density at radius 2 is 1.75 bits per heavy atom. The molecule has 0 aliphatic carbocycles. The summed E-state index contributed by atoms with van der Waals surface area (Å²) in [6.45, 7) is 8.04. The zero-order valence-corrected chi connectivity index (χ0v) is 11.9. The summed E-state index contributed by atoms with van der Waals surface area (Å²) < 4.78 is 12.9. The van der Waals surface area contributed by atoms with Gasteiger partial charge in [0, 0.05) is 17.8 Å². The van der Waals surface area contributed by atoms with E-state index in [1.54, 1.807) is 12.1 Å². The predicted octanol–water partition coefficient (Wildman–Crippen LogP) is 4.70. The van der Waals surface area contributed by atoms with Gasteiger partial charge >= 0.3 is 0 Å². The molecule has 102 valence electrons. The van der Waals surface area contributed by atoms with Crippen LogP contribution in [-0.2, 0) is 6.42 Å². The molecule has 2 aromatic rings. The Balaban J connectivity index is 2.12. The number of hydrogen-bond donors (Lipinski definition) is 0. The summed E-state index contributed by atoms with van der Waals surface area (Å²) in [5.41, 5.74) is 5.07. The lowest BCUT2D eigenvalue weighted by molar-refractivity contribution is 0.627. The normalized spacial score (nSPS) is 11.4. The van der Waals surface area contributed by atoms with Gasteiger partial charge in [0.25, 0.3) is 0 Å². The maximum atomic E-state index is 12.9. The van der Waals surface area contributed by atoms with Gasteiger partial charge in [-0.2, -0.15) is 0 Å². The molecular formula is C18H18FN. The van der Waals surface area contributed by atoms with Gasteiger partial charge in [0.2, 0.25) is 0 Å². The van der Waals surface area contributed by atoms with Crippen molar-refractivity contribution in [2.45, 2.75) is 20.3 Å². The van der Waals surface area contributed by atoms with Crippen molar-refractivity contribution in [2.75, 3.05) is 0 Å². The lowest BCUT2D eigenvalue weighted by atomic mass is 10.0. The van der Waals surface area contributed by atoms with Crippen molar-refractivity contribution in [3.8, 4) is 0 Å². The van der Waals surface area contributed by atoms with Crippen molar-refractivity contribution in [2.24, 2.45) is 4.99 Å². The highest BCUT2D eigenvalue weighted by molar-refractivity contribution is 6.00. The minimum atomic E-state index is -0.223. The molecule has 2 rings (SSSR count). The highest BCUT2D eigenvalue weighted by Gasteiger charge is 2.02. The van der Waals surface area contributed by atoms with Crippen LogP contribution in [0, 0.1) is 12.7 Å². The lowest BCUT2D eigenvalue weighted by Crippen LogP contribution is -1.99. The molecule has 0 aromatic heterocycles. The van der Waals surface area contributed by atoms with E-state index < -0.39 is 0 Å². The van der Waals surface area contributed by atoms with Crippen molar-refractivity contribution < 1.29 is 4.39 Å². The molecule has 0 radical (unpaired) electrons. The van der Waals surface area contributed by atoms with Crippen LogP contribution in [-0.4, -0.2) is 5.71 Å². The van der Waals surface area contributed by atoms with Gasteiger partial charge < -0.3 is 0 Å². The lowest BCUT2D eigenvalue weighted by Gasteiger charge is -2.07. The zero-order chi connectivity index (χ0) is 14.5. The first-order valence-electron chi connectivity index (χ1n) is 6.60. The summed E-state index contributed by atoms with van der Waals surface area (Å²) in [5.74, 6) is -0.223. The predicted molar refractivity (Wildman–Crippen MR) is 82.6 cm³/mol. The number of allylic oxidation sites excluding steroid dienone is 1. The molecule has 2 heteroatoms. The number of hydrogen-bond acceptors (Lipinski definition) is 1. The van der Waals surface area contributed by atoms with E-state index >= 15 is 0 Å². The Bertz CT molecular complexity index is 639. The average Bonchev–Trinajstić information content (AvgIpc) is 2.41. The second kappa shape index (κ2) is 6.29. The fourth-order valence-corrected chi connectivity index (χ4v) is 2.15. The van der Waals surface area contributed by atoms with E-state index in [1.165, 1.54) is 17.7 Å². The van der Waals surface area contributed by atoms with Crippen molar-refractivity contribution in [3.63, 3.8) is 0 Å². The minimum Gasteiger partial charge on any atom is -0.258 e. The summed E-state index contributed by atoms with van der Waals surface area (Å²) in [7, 11) is 0. The van der Waals surface area contributed by atoms with Gasteiger partial charge in [0.05, 0.1) is 0 Å². The first-order valence-corrected chi connectivity index (χ1v) is 6.60. The third-order valence-electron chi connectivity index (χ3n) is 3.18. The molecule has 0 heterocycles. The molecule has 0 saturated carbocycles. The fourth-order valence-electron chi connectivity index (χ4n) is 2.15. The van der Waals surface area contributed by atoms with E-state index in [9.17, 15) is 4.39 Å². The molecule has 0 aliphatic rings. The van der Waals surface area contributed by atoms with Crippen molar-refractivity contribution in [1.82, 2.24) is 0 Å². The molecular weight excluding hydrogens is 249 g/mol. The summed E-state index contributed by atoms with van der Waals surface area (Å²) in [5, 5.41) is 0. The first-order chi connectivity index (χ1) is 9.56. The topological polar surface area (TPSA) is 12.4 Å². The molecule has 0 unspecified atom stereocenters. The van der Waals surface area contributed by atoms with Crippen LogP contribution in [0.5, 0.6) is 0 Å². The standard InChI is InChI=1S/C18H18FN/c1-13-6-4-5-7-18(13)15(3)20-14(2)12-16-8-10-17(19)11-9-16/h4-11H,2,12H2,1,3H3. The summed E-state index contributed by atoms with van der Waals surface area (Å²) in [4.78, 5) is 4.55. The number of rotatable bonds is 4. The largest absolute Gasteiger partial charge is 0.258 e. The maximum absolute atomic E-state index is 12.9. The SMILES string of the molecule is C=C(Cc1ccc(F)cc1)N=C(C)c1ccccc1C. The molecule has 0 saturated heterocycles. The van der Waals surface area contributed by atoms with Crippen LogP contribution < -0.4 is 0 Å². The van der Waals surface area contributed by atoms with Gasteiger partial charge in [-0.25, -0.2) is 4.39 Å². The molecule has 0 atom stereocenters. The van der Waals surface area contributed by atoms with E-state index in [2.05, 4.69) is 30.6 Å².